The smallest absolute Gasteiger partial charge is 0.306 e. The van der Waals surface area contributed by atoms with Crippen LogP contribution >= 0.6 is 7.37 Å². The second kappa shape index (κ2) is 6.17. The van der Waals surface area contributed by atoms with E-state index in [0.717, 1.165) is 0 Å². The molecular formula is C8H17O4P. The van der Waals surface area contributed by atoms with Crippen molar-refractivity contribution in [2.75, 3.05) is 26.0 Å². The molecule has 13 heavy (non-hydrogen) atoms. The van der Waals surface area contributed by atoms with Gasteiger partial charge >= 0.3 is 5.97 Å². The Labute approximate surface area is 79.1 Å². The Hall–Kier alpha value is -0.340. The van der Waals surface area contributed by atoms with Gasteiger partial charge in [0.25, 0.3) is 0 Å². The topological polar surface area (TPSA) is 52.6 Å². The number of carbonyl (C=O) groups is 1. The fourth-order valence-electron chi connectivity index (χ4n) is 0.865. The van der Waals surface area contributed by atoms with Crippen LogP contribution in [0.5, 0.6) is 0 Å². The molecule has 0 aromatic heterocycles. The molecule has 0 aliphatic heterocycles. The van der Waals surface area contributed by atoms with Gasteiger partial charge in [0.15, 0.2) is 0 Å². The highest BCUT2D eigenvalue weighted by Gasteiger charge is 2.17. The molecule has 0 bridgehead atoms. The third-order valence-electron chi connectivity index (χ3n) is 1.43. The van der Waals surface area contributed by atoms with E-state index in [-0.39, 0.29) is 18.6 Å². The van der Waals surface area contributed by atoms with Crippen molar-refractivity contribution in [3.8, 4) is 0 Å². The summed E-state index contributed by atoms with van der Waals surface area (Å²) in [5.41, 5.74) is 0. The molecule has 0 aliphatic rings. The largest absolute Gasteiger partial charge is 0.466 e. The van der Waals surface area contributed by atoms with Crippen LogP contribution in [0.25, 0.3) is 0 Å². The molecule has 1 atom stereocenters. The van der Waals surface area contributed by atoms with Gasteiger partial charge in [0.2, 0.25) is 7.37 Å². The first-order valence-corrected chi connectivity index (χ1v) is 6.64. The zero-order chi connectivity index (χ0) is 10.3. The van der Waals surface area contributed by atoms with Gasteiger partial charge < -0.3 is 9.26 Å². The van der Waals surface area contributed by atoms with Crippen molar-refractivity contribution in [3.63, 3.8) is 0 Å². The van der Waals surface area contributed by atoms with E-state index in [1.165, 1.54) is 6.66 Å². The van der Waals surface area contributed by atoms with E-state index in [4.69, 9.17) is 9.26 Å². The standard InChI is InChI=1S/C8H17O4P/c1-4-11-8(9)6-7-13(3,10)12-5-2/h4-7H2,1-3H3. The maximum Gasteiger partial charge on any atom is 0.306 e. The highest BCUT2D eigenvalue weighted by Crippen LogP contribution is 2.42. The SMILES string of the molecule is CCOC(=O)CCP(C)(=O)OCC. The number of ether oxygens (including phenoxy) is 1. The first kappa shape index (κ1) is 12.7. The van der Waals surface area contributed by atoms with Crippen molar-refractivity contribution >= 4 is 13.3 Å². The monoisotopic (exact) mass is 208 g/mol. The molecule has 0 aliphatic carbocycles. The normalized spacial score (nSPS) is 15.0. The lowest BCUT2D eigenvalue weighted by molar-refractivity contribution is -0.142. The van der Waals surface area contributed by atoms with Crippen LogP contribution < -0.4 is 0 Å². The van der Waals surface area contributed by atoms with Gasteiger partial charge in [-0.1, -0.05) is 0 Å². The van der Waals surface area contributed by atoms with Crippen molar-refractivity contribution < 1.29 is 18.6 Å². The summed E-state index contributed by atoms with van der Waals surface area (Å²) < 4.78 is 21.2. The third-order valence-corrected chi connectivity index (χ3v) is 3.27. The van der Waals surface area contributed by atoms with Crippen molar-refractivity contribution in [3.05, 3.63) is 0 Å². The zero-order valence-corrected chi connectivity index (χ0v) is 9.30. The molecule has 0 amide bonds. The molecule has 4 nitrogen and oxygen atoms in total. The third kappa shape index (κ3) is 6.79. The van der Waals surface area contributed by atoms with E-state index in [0.29, 0.717) is 13.2 Å². The van der Waals surface area contributed by atoms with Crippen LogP contribution in [0.2, 0.25) is 0 Å². The fourth-order valence-corrected chi connectivity index (χ4v) is 2.13. The molecule has 0 saturated carbocycles. The van der Waals surface area contributed by atoms with Crippen LogP contribution in [-0.2, 0) is 18.6 Å². The van der Waals surface area contributed by atoms with Crippen molar-refractivity contribution in [2.45, 2.75) is 20.3 Å². The Morgan fingerprint density at radius 1 is 1.31 bits per heavy atom. The quantitative estimate of drug-likeness (QED) is 0.494. The van der Waals surface area contributed by atoms with Gasteiger partial charge in [-0.15, -0.1) is 0 Å². The zero-order valence-electron chi connectivity index (χ0n) is 8.41. The summed E-state index contributed by atoms with van der Waals surface area (Å²) in [5.74, 6) is -0.315. The summed E-state index contributed by atoms with van der Waals surface area (Å²) in [6.45, 7) is 5.83. The highest BCUT2D eigenvalue weighted by atomic mass is 31.2. The molecule has 0 aromatic carbocycles. The van der Waals surface area contributed by atoms with E-state index < -0.39 is 7.37 Å². The van der Waals surface area contributed by atoms with E-state index in [1.54, 1.807) is 13.8 Å². The van der Waals surface area contributed by atoms with Crippen LogP contribution in [0, 0.1) is 0 Å². The Morgan fingerprint density at radius 2 is 1.92 bits per heavy atom. The summed E-state index contributed by atoms with van der Waals surface area (Å²) in [6.07, 6.45) is 0.432. The Bertz CT molecular complexity index is 202. The fraction of sp³-hybridized carbons (Fsp3) is 0.875. The molecule has 5 heteroatoms. The van der Waals surface area contributed by atoms with E-state index in [2.05, 4.69) is 0 Å². The van der Waals surface area contributed by atoms with Gasteiger partial charge in [-0.25, -0.2) is 0 Å². The van der Waals surface area contributed by atoms with Crippen molar-refractivity contribution in [2.24, 2.45) is 0 Å². The molecule has 0 spiro atoms. The average molecular weight is 208 g/mol. The molecule has 0 heterocycles. The Morgan fingerprint density at radius 3 is 2.38 bits per heavy atom. The molecule has 0 aromatic rings. The number of rotatable bonds is 6. The van der Waals surface area contributed by atoms with Crippen LogP contribution in [0.15, 0.2) is 0 Å². The van der Waals surface area contributed by atoms with Crippen LogP contribution in [-0.4, -0.2) is 32.0 Å². The molecule has 0 saturated heterocycles. The summed E-state index contributed by atoms with van der Waals surface area (Å²) >= 11 is 0. The van der Waals surface area contributed by atoms with Gasteiger partial charge in [-0.2, -0.15) is 0 Å². The molecule has 0 fully saturated rings. The van der Waals surface area contributed by atoms with Crippen molar-refractivity contribution in [1.82, 2.24) is 0 Å². The minimum absolute atomic E-state index is 0.168. The Balaban J connectivity index is 3.74. The number of hydrogen-bond donors (Lipinski definition) is 0. The van der Waals surface area contributed by atoms with Gasteiger partial charge in [0.05, 0.1) is 19.6 Å². The predicted molar refractivity (Wildman–Crippen MR) is 51.3 cm³/mol. The van der Waals surface area contributed by atoms with Gasteiger partial charge in [-0.3, -0.25) is 9.36 Å². The van der Waals surface area contributed by atoms with Crippen LogP contribution in [0.4, 0.5) is 0 Å². The van der Waals surface area contributed by atoms with Crippen LogP contribution in [0.3, 0.4) is 0 Å². The van der Waals surface area contributed by atoms with E-state index in [9.17, 15) is 9.36 Å². The molecular weight excluding hydrogens is 191 g/mol. The van der Waals surface area contributed by atoms with Crippen LogP contribution in [0.1, 0.15) is 20.3 Å². The number of esters is 1. The minimum Gasteiger partial charge on any atom is -0.466 e. The summed E-state index contributed by atoms with van der Waals surface area (Å²) in [7, 11) is -2.57. The Kier molecular flexibility index (Phi) is 6.00. The second-order valence-electron chi connectivity index (χ2n) is 2.71. The molecule has 1 unspecified atom stereocenters. The minimum atomic E-state index is -2.57. The maximum atomic E-state index is 11.5. The van der Waals surface area contributed by atoms with Gasteiger partial charge in [0.1, 0.15) is 0 Å². The molecule has 0 N–H and O–H groups in total. The summed E-state index contributed by atoms with van der Waals surface area (Å²) in [5, 5.41) is 0. The van der Waals surface area contributed by atoms with Gasteiger partial charge in [0, 0.05) is 12.8 Å². The summed E-state index contributed by atoms with van der Waals surface area (Å²) in [6, 6.07) is 0. The lowest BCUT2D eigenvalue weighted by atomic mass is 10.5. The number of carbonyl (C=O) groups excluding carboxylic acids is 1. The number of hydrogen-bond acceptors (Lipinski definition) is 4. The molecule has 78 valence electrons. The first-order chi connectivity index (χ1) is 6.02. The average Bonchev–Trinajstić information content (AvgIpc) is 2.02. The molecule has 0 radical (unpaired) electrons. The second-order valence-corrected chi connectivity index (χ2v) is 5.44. The molecule has 0 rings (SSSR count). The van der Waals surface area contributed by atoms with E-state index in [1.807, 2.05) is 0 Å². The highest BCUT2D eigenvalue weighted by molar-refractivity contribution is 7.58. The predicted octanol–water partition coefficient (Wildman–Crippen LogP) is 1.88. The lowest BCUT2D eigenvalue weighted by Gasteiger charge is -2.11. The lowest BCUT2D eigenvalue weighted by Crippen LogP contribution is -2.07. The van der Waals surface area contributed by atoms with Gasteiger partial charge in [-0.05, 0) is 13.8 Å². The first-order valence-electron chi connectivity index (χ1n) is 4.38. The van der Waals surface area contributed by atoms with E-state index >= 15 is 0 Å². The maximum absolute atomic E-state index is 11.5. The van der Waals surface area contributed by atoms with Crippen molar-refractivity contribution in [1.29, 1.82) is 0 Å². The summed E-state index contributed by atoms with van der Waals surface area (Å²) in [4.78, 5) is 10.9.